The topological polar surface area (TPSA) is 17.1 Å². The molecule has 0 amide bonds. The van der Waals surface area contributed by atoms with Crippen LogP contribution in [0.1, 0.15) is 59.8 Å². The second kappa shape index (κ2) is 5.47. The zero-order chi connectivity index (χ0) is 12.2. The van der Waals surface area contributed by atoms with Crippen molar-refractivity contribution in [2.24, 2.45) is 5.41 Å². The zero-order valence-electron chi connectivity index (χ0n) is 11.1. The smallest absolute Gasteiger partial charge is 0.181 e. The molecule has 0 bridgehead atoms. The number of allylic oxidation sites excluding steroid dienone is 4. The molecule has 0 atom stereocenters. The van der Waals surface area contributed by atoms with E-state index in [1.54, 1.807) is 6.08 Å². The fourth-order valence-electron chi connectivity index (χ4n) is 2.61. The maximum Gasteiger partial charge on any atom is 0.181 e. The summed E-state index contributed by atoms with van der Waals surface area (Å²) in [5.74, 6) is 0.232. The molecule has 0 radical (unpaired) electrons. The van der Waals surface area contributed by atoms with E-state index >= 15 is 0 Å². The molecule has 0 aromatic rings. The SMILES string of the molecule is CCC/C=C/C(=O)C1=C(C)CCCC1(C)C. The number of hydrogen-bond acceptors (Lipinski definition) is 1. The first-order chi connectivity index (χ1) is 7.49. The lowest BCUT2D eigenvalue weighted by Crippen LogP contribution is -2.25. The maximum atomic E-state index is 12.2. The van der Waals surface area contributed by atoms with Crippen molar-refractivity contribution in [1.82, 2.24) is 0 Å². The molecule has 0 saturated carbocycles. The van der Waals surface area contributed by atoms with E-state index in [0.29, 0.717) is 0 Å². The summed E-state index contributed by atoms with van der Waals surface area (Å²) in [6, 6.07) is 0. The van der Waals surface area contributed by atoms with Gasteiger partial charge in [-0.05, 0) is 44.1 Å². The number of rotatable bonds is 4. The van der Waals surface area contributed by atoms with Gasteiger partial charge in [-0.1, -0.05) is 38.8 Å². The van der Waals surface area contributed by atoms with Crippen molar-refractivity contribution < 1.29 is 4.79 Å². The van der Waals surface area contributed by atoms with E-state index in [9.17, 15) is 4.79 Å². The third-order valence-electron chi connectivity index (χ3n) is 3.43. The average Bonchev–Trinajstić information content (AvgIpc) is 2.16. The first-order valence-corrected chi connectivity index (χ1v) is 6.40. The molecule has 0 aliphatic heterocycles. The molecule has 1 rings (SSSR count). The van der Waals surface area contributed by atoms with Crippen LogP contribution in [-0.2, 0) is 4.79 Å². The summed E-state index contributed by atoms with van der Waals surface area (Å²) in [7, 11) is 0. The standard InChI is InChI=1S/C15H24O/c1-5-6-7-10-13(16)14-12(2)9-8-11-15(14,3)4/h7,10H,5-6,8-9,11H2,1-4H3/b10-7+. The second-order valence-corrected chi connectivity index (χ2v) is 5.45. The molecule has 1 nitrogen and oxygen atoms in total. The van der Waals surface area contributed by atoms with Crippen LogP contribution in [0, 0.1) is 5.41 Å². The van der Waals surface area contributed by atoms with Crippen molar-refractivity contribution in [3.8, 4) is 0 Å². The van der Waals surface area contributed by atoms with Crippen LogP contribution in [0.2, 0.25) is 0 Å². The summed E-state index contributed by atoms with van der Waals surface area (Å²) in [4.78, 5) is 12.2. The first kappa shape index (κ1) is 13.2. The van der Waals surface area contributed by atoms with Crippen LogP contribution in [0.15, 0.2) is 23.3 Å². The summed E-state index contributed by atoms with van der Waals surface area (Å²) < 4.78 is 0. The Morgan fingerprint density at radius 2 is 2.12 bits per heavy atom. The molecule has 90 valence electrons. The second-order valence-electron chi connectivity index (χ2n) is 5.45. The summed E-state index contributed by atoms with van der Waals surface area (Å²) >= 11 is 0. The lowest BCUT2D eigenvalue weighted by Gasteiger charge is -2.32. The minimum Gasteiger partial charge on any atom is -0.290 e. The molecule has 0 unspecified atom stereocenters. The van der Waals surface area contributed by atoms with Crippen molar-refractivity contribution in [2.45, 2.75) is 59.8 Å². The molecule has 0 heterocycles. The van der Waals surface area contributed by atoms with Crippen LogP contribution in [0.3, 0.4) is 0 Å². The van der Waals surface area contributed by atoms with E-state index in [-0.39, 0.29) is 11.2 Å². The molecule has 1 aliphatic carbocycles. The van der Waals surface area contributed by atoms with Gasteiger partial charge in [0, 0.05) is 5.57 Å². The molecular formula is C15H24O. The fourth-order valence-corrected chi connectivity index (χ4v) is 2.61. The monoisotopic (exact) mass is 220 g/mol. The van der Waals surface area contributed by atoms with Gasteiger partial charge in [0.2, 0.25) is 0 Å². The highest BCUT2D eigenvalue weighted by atomic mass is 16.1. The molecule has 0 spiro atoms. The van der Waals surface area contributed by atoms with E-state index in [1.807, 2.05) is 6.08 Å². The Morgan fingerprint density at radius 3 is 2.69 bits per heavy atom. The van der Waals surface area contributed by atoms with Gasteiger partial charge in [-0.15, -0.1) is 0 Å². The van der Waals surface area contributed by atoms with Crippen LogP contribution in [0.5, 0.6) is 0 Å². The maximum absolute atomic E-state index is 12.2. The highest BCUT2D eigenvalue weighted by molar-refractivity contribution is 6.05. The Bertz CT molecular complexity index is 318. The van der Waals surface area contributed by atoms with Gasteiger partial charge in [0.1, 0.15) is 0 Å². The highest BCUT2D eigenvalue weighted by Gasteiger charge is 2.31. The van der Waals surface area contributed by atoms with Crippen LogP contribution in [0.25, 0.3) is 0 Å². The van der Waals surface area contributed by atoms with E-state index in [2.05, 4.69) is 27.7 Å². The van der Waals surface area contributed by atoms with Crippen molar-refractivity contribution in [3.05, 3.63) is 23.3 Å². The molecule has 1 heteroatoms. The van der Waals surface area contributed by atoms with Crippen LogP contribution >= 0.6 is 0 Å². The third kappa shape index (κ3) is 3.07. The minimum absolute atomic E-state index is 0.0654. The normalized spacial score (nSPS) is 20.5. The van der Waals surface area contributed by atoms with E-state index in [4.69, 9.17) is 0 Å². The molecule has 16 heavy (non-hydrogen) atoms. The number of ketones is 1. The fraction of sp³-hybridized carbons (Fsp3) is 0.667. The summed E-state index contributed by atoms with van der Waals surface area (Å²) in [6.07, 6.45) is 9.32. The zero-order valence-corrected chi connectivity index (χ0v) is 11.1. The molecule has 0 saturated heterocycles. The number of unbranched alkanes of at least 4 members (excludes halogenated alkanes) is 1. The molecule has 0 aromatic heterocycles. The van der Waals surface area contributed by atoms with E-state index < -0.39 is 0 Å². The van der Waals surface area contributed by atoms with Crippen molar-refractivity contribution in [2.75, 3.05) is 0 Å². The van der Waals surface area contributed by atoms with E-state index in [1.165, 1.54) is 12.0 Å². The van der Waals surface area contributed by atoms with Crippen molar-refractivity contribution >= 4 is 5.78 Å². The Labute approximate surface area is 99.6 Å². The number of hydrogen-bond donors (Lipinski definition) is 0. The lowest BCUT2D eigenvalue weighted by molar-refractivity contribution is -0.112. The largest absolute Gasteiger partial charge is 0.290 e. The Morgan fingerprint density at radius 1 is 1.44 bits per heavy atom. The first-order valence-electron chi connectivity index (χ1n) is 6.40. The van der Waals surface area contributed by atoms with Gasteiger partial charge in [0.25, 0.3) is 0 Å². The summed E-state index contributed by atoms with van der Waals surface area (Å²) in [6.45, 7) is 8.62. The Kier molecular flexibility index (Phi) is 4.52. The molecular weight excluding hydrogens is 196 g/mol. The van der Waals surface area contributed by atoms with Gasteiger partial charge >= 0.3 is 0 Å². The van der Waals surface area contributed by atoms with E-state index in [0.717, 1.165) is 31.3 Å². The minimum atomic E-state index is 0.0654. The Balaban J connectivity index is 2.87. The van der Waals surface area contributed by atoms with Crippen LogP contribution in [-0.4, -0.2) is 5.78 Å². The Hall–Kier alpha value is -0.850. The summed E-state index contributed by atoms with van der Waals surface area (Å²) in [5, 5.41) is 0. The quantitative estimate of drug-likeness (QED) is 0.640. The molecule has 0 N–H and O–H groups in total. The average molecular weight is 220 g/mol. The summed E-state index contributed by atoms with van der Waals surface area (Å²) in [5.41, 5.74) is 2.42. The van der Waals surface area contributed by atoms with Gasteiger partial charge in [-0.2, -0.15) is 0 Å². The van der Waals surface area contributed by atoms with Crippen LogP contribution in [0.4, 0.5) is 0 Å². The van der Waals surface area contributed by atoms with Crippen LogP contribution < -0.4 is 0 Å². The van der Waals surface area contributed by atoms with Gasteiger partial charge < -0.3 is 0 Å². The predicted molar refractivity (Wildman–Crippen MR) is 69.4 cm³/mol. The third-order valence-corrected chi connectivity index (χ3v) is 3.43. The predicted octanol–water partition coefficient (Wildman–Crippen LogP) is 4.44. The molecule has 1 aliphatic rings. The van der Waals surface area contributed by atoms with Gasteiger partial charge in [0.05, 0.1) is 0 Å². The van der Waals surface area contributed by atoms with Crippen molar-refractivity contribution in [1.29, 1.82) is 0 Å². The number of carbonyl (C=O) groups excluding carboxylic acids is 1. The molecule has 0 fully saturated rings. The number of carbonyl (C=O) groups is 1. The lowest BCUT2D eigenvalue weighted by atomic mass is 9.71. The van der Waals surface area contributed by atoms with Gasteiger partial charge in [-0.25, -0.2) is 0 Å². The molecule has 0 aromatic carbocycles. The highest BCUT2D eigenvalue weighted by Crippen LogP contribution is 2.40. The van der Waals surface area contributed by atoms with Gasteiger partial charge in [-0.3, -0.25) is 4.79 Å². The van der Waals surface area contributed by atoms with Gasteiger partial charge in [0.15, 0.2) is 5.78 Å². The van der Waals surface area contributed by atoms with Crippen molar-refractivity contribution in [3.63, 3.8) is 0 Å².